The van der Waals surface area contributed by atoms with Crippen LogP contribution in [0, 0.1) is 46.8 Å². The molecule has 0 N–H and O–H groups in total. The molecule has 238 valence electrons. The molecule has 8 heteroatoms. The summed E-state index contributed by atoms with van der Waals surface area (Å²) in [6.07, 6.45) is 1.84. The van der Waals surface area contributed by atoms with Gasteiger partial charge in [0, 0.05) is 34.5 Å². The number of aryl methyl sites for hydroxylation is 4. The number of fused-ring (bicyclic) bond motifs is 3. The van der Waals surface area contributed by atoms with E-state index >= 15 is 0 Å². The third kappa shape index (κ3) is 5.48. The third-order valence-corrected chi connectivity index (χ3v) is 8.44. The first-order valence-electron chi connectivity index (χ1n) is 15.2. The molecule has 7 rings (SSSR count). The van der Waals surface area contributed by atoms with Crippen LogP contribution >= 0.6 is 0 Å². The standard InChI is InChI=1S/C39H34N4O3.Pd/c1-23-17-18-40-35(19-23)42-33-14-9-8-13-31(33)32-16-15-30(22-34(32)42)46-29-12-10-11-28(21-29)43-27(5)36(26(4)41-43)37-38(44-6)24(2)20-25(3)39(37)45-7;/h8-20H,1-7H3;/q-2;+2. The van der Waals surface area contributed by atoms with E-state index in [1.807, 2.05) is 75.0 Å². The summed E-state index contributed by atoms with van der Waals surface area (Å²) in [5.41, 5.74) is 9.59. The van der Waals surface area contributed by atoms with E-state index < -0.39 is 0 Å². The quantitative estimate of drug-likeness (QED) is 0.122. The van der Waals surface area contributed by atoms with Gasteiger partial charge in [-0.25, -0.2) is 4.98 Å². The molecular formula is C39H34N4O3Pd. The molecule has 0 amide bonds. The van der Waals surface area contributed by atoms with Crippen LogP contribution in [0.4, 0.5) is 0 Å². The molecule has 7 aromatic rings. The van der Waals surface area contributed by atoms with Crippen LogP contribution in [-0.4, -0.2) is 33.6 Å². The zero-order valence-electron chi connectivity index (χ0n) is 27.3. The molecule has 0 aliphatic carbocycles. The first kappa shape index (κ1) is 32.1. The number of hydrogen-bond acceptors (Lipinski definition) is 5. The summed E-state index contributed by atoms with van der Waals surface area (Å²) in [4.78, 5) is 4.68. The van der Waals surface area contributed by atoms with E-state index in [9.17, 15) is 0 Å². The zero-order chi connectivity index (χ0) is 32.1. The van der Waals surface area contributed by atoms with Crippen molar-refractivity contribution in [3.8, 4) is 45.6 Å². The predicted octanol–water partition coefficient (Wildman–Crippen LogP) is 8.98. The number of para-hydroxylation sites is 1. The maximum atomic E-state index is 6.40. The molecule has 0 spiro atoms. The largest absolute Gasteiger partial charge is 2.00 e. The van der Waals surface area contributed by atoms with Crippen LogP contribution in [0.5, 0.6) is 23.0 Å². The van der Waals surface area contributed by atoms with E-state index in [4.69, 9.17) is 19.3 Å². The number of ether oxygens (including phenoxy) is 3. The second kappa shape index (κ2) is 12.7. The Labute approximate surface area is 288 Å². The Balaban J connectivity index is 0.00000386. The molecule has 0 saturated carbocycles. The smallest absolute Gasteiger partial charge is 0.509 e. The van der Waals surface area contributed by atoms with Crippen LogP contribution < -0.4 is 14.2 Å². The van der Waals surface area contributed by atoms with Gasteiger partial charge in [-0.15, -0.1) is 35.7 Å². The maximum absolute atomic E-state index is 6.40. The molecule has 0 atom stereocenters. The first-order valence-corrected chi connectivity index (χ1v) is 15.2. The van der Waals surface area contributed by atoms with E-state index in [0.717, 1.165) is 84.0 Å². The summed E-state index contributed by atoms with van der Waals surface area (Å²) in [7, 11) is 3.38. The van der Waals surface area contributed by atoms with Crippen LogP contribution in [0.15, 0.2) is 79.0 Å². The van der Waals surface area contributed by atoms with Gasteiger partial charge in [-0.05, 0) is 86.6 Å². The van der Waals surface area contributed by atoms with Crippen LogP contribution in [0.2, 0.25) is 0 Å². The molecule has 0 unspecified atom stereocenters. The average Bonchev–Trinajstić information content (AvgIpc) is 3.53. The van der Waals surface area contributed by atoms with E-state index in [-0.39, 0.29) is 20.4 Å². The predicted molar refractivity (Wildman–Crippen MR) is 182 cm³/mol. The van der Waals surface area contributed by atoms with E-state index in [1.54, 1.807) is 14.2 Å². The Morgan fingerprint density at radius 1 is 0.702 bits per heavy atom. The van der Waals surface area contributed by atoms with Crippen LogP contribution in [-0.2, 0) is 20.4 Å². The Morgan fingerprint density at radius 2 is 1.43 bits per heavy atom. The third-order valence-electron chi connectivity index (χ3n) is 8.44. The number of rotatable bonds is 7. The minimum Gasteiger partial charge on any atom is -0.509 e. The Morgan fingerprint density at radius 3 is 2.15 bits per heavy atom. The van der Waals surface area contributed by atoms with Crippen LogP contribution in [0.1, 0.15) is 28.1 Å². The van der Waals surface area contributed by atoms with Crippen molar-refractivity contribution in [1.82, 2.24) is 19.3 Å². The van der Waals surface area contributed by atoms with Crippen molar-refractivity contribution in [3.63, 3.8) is 0 Å². The molecule has 0 aliphatic heterocycles. The number of methoxy groups -OCH3 is 2. The summed E-state index contributed by atoms with van der Waals surface area (Å²) < 4.78 is 22.2. The van der Waals surface area contributed by atoms with E-state index in [0.29, 0.717) is 11.5 Å². The normalized spacial score (nSPS) is 11.1. The van der Waals surface area contributed by atoms with E-state index in [1.165, 1.54) is 0 Å². The minimum absolute atomic E-state index is 0. The molecule has 47 heavy (non-hydrogen) atoms. The van der Waals surface area contributed by atoms with Crippen molar-refractivity contribution in [2.75, 3.05) is 14.2 Å². The Kier molecular flexibility index (Phi) is 8.67. The Bertz CT molecular complexity index is 2260. The van der Waals surface area contributed by atoms with Crippen molar-refractivity contribution in [2.24, 2.45) is 0 Å². The van der Waals surface area contributed by atoms with E-state index in [2.05, 4.69) is 65.0 Å². The number of aromatic nitrogens is 4. The molecule has 0 fully saturated rings. The van der Waals surface area contributed by atoms with Gasteiger partial charge in [0.2, 0.25) is 0 Å². The number of nitrogens with zero attached hydrogens (tertiary/aromatic N) is 4. The molecule has 3 heterocycles. The van der Waals surface area contributed by atoms with Gasteiger partial charge in [-0.3, -0.25) is 4.68 Å². The molecule has 3 aromatic heterocycles. The van der Waals surface area contributed by atoms with Crippen molar-refractivity contribution in [3.05, 3.63) is 119 Å². The zero-order valence-corrected chi connectivity index (χ0v) is 28.9. The molecule has 0 bridgehead atoms. The van der Waals surface area contributed by atoms with Gasteiger partial charge < -0.3 is 18.8 Å². The second-order valence-corrected chi connectivity index (χ2v) is 11.5. The molecule has 4 aromatic carbocycles. The summed E-state index contributed by atoms with van der Waals surface area (Å²) in [6.45, 7) is 10.2. The van der Waals surface area contributed by atoms with Crippen molar-refractivity contribution < 1.29 is 34.6 Å². The van der Waals surface area contributed by atoms with Crippen molar-refractivity contribution in [2.45, 2.75) is 34.6 Å². The maximum Gasteiger partial charge on any atom is 2.00 e. The fourth-order valence-electron chi connectivity index (χ4n) is 6.50. The topological polar surface area (TPSA) is 63.3 Å². The average molecular weight is 713 g/mol. The molecule has 0 aliphatic rings. The number of benzene rings is 4. The van der Waals surface area contributed by atoms with Gasteiger partial charge in [0.15, 0.2) is 0 Å². The van der Waals surface area contributed by atoms with Gasteiger partial charge >= 0.3 is 20.4 Å². The Hall–Kier alpha value is -4.90. The van der Waals surface area contributed by atoms with Crippen molar-refractivity contribution >= 4 is 21.8 Å². The summed E-state index contributed by atoms with van der Waals surface area (Å²) in [5.74, 6) is 3.53. The molecule has 0 radical (unpaired) electrons. The number of pyridine rings is 1. The van der Waals surface area contributed by atoms with Crippen molar-refractivity contribution in [1.29, 1.82) is 0 Å². The summed E-state index contributed by atoms with van der Waals surface area (Å²) >= 11 is 0. The van der Waals surface area contributed by atoms with Gasteiger partial charge in [-0.1, -0.05) is 23.7 Å². The van der Waals surface area contributed by atoms with Gasteiger partial charge in [0.25, 0.3) is 0 Å². The van der Waals surface area contributed by atoms with Gasteiger partial charge in [0.05, 0.1) is 25.5 Å². The summed E-state index contributed by atoms with van der Waals surface area (Å²) in [5, 5.41) is 7.15. The number of hydrogen-bond donors (Lipinski definition) is 0. The van der Waals surface area contributed by atoms with Gasteiger partial charge in [0.1, 0.15) is 17.3 Å². The SMILES string of the molecule is COc1c(C)cc(C)c(OC)c1-c1c(C)nn(-c2[c-]c(Oc3[c-]c4c(cc3)c3ccccc3n4-c3cc(C)ccn3)ccc2)c1C.[Pd+2]. The van der Waals surface area contributed by atoms with Gasteiger partial charge in [-0.2, -0.15) is 17.2 Å². The van der Waals surface area contributed by atoms with Crippen LogP contribution in [0.3, 0.4) is 0 Å². The fraction of sp³-hybridized carbons (Fsp3) is 0.179. The second-order valence-electron chi connectivity index (χ2n) is 11.5. The molecule has 7 nitrogen and oxygen atoms in total. The van der Waals surface area contributed by atoms with Crippen LogP contribution in [0.25, 0.3) is 44.4 Å². The molecule has 0 saturated heterocycles. The minimum atomic E-state index is 0. The monoisotopic (exact) mass is 712 g/mol. The first-order chi connectivity index (χ1) is 22.3. The fourth-order valence-corrected chi connectivity index (χ4v) is 6.50. The summed E-state index contributed by atoms with van der Waals surface area (Å²) in [6, 6.07) is 31.3. The molecular weight excluding hydrogens is 679 g/mol.